The minimum absolute atomic E-state index is 0.0126. The largest absolute Gasteiger partial charge is 0.497 e. The first-order chi connectivity index (χ1) is 22.4. The second-order valence-electron chi connectivity index (χ2n) is 10.7. The Labute approximate surface area is 271 Å². The number of methoxy groups -OCH3 is 2. The Kier molecular flexibility index (Phi) is 10.8. The summed E-state index contributed by atoms with van der Waals surface area (Å²) in [6.45, 7) is 4.48. The lowest BCUT2D eigenvalue weighted by Crippen LogP contribution is -2.32. The van der Waals surface area contributed by atoms with E-state index in [9.17, 15) is 24.8 Å². The minimum Gasteiger partial charge on any atom is -0.497 e. The number of aromatic amines is 1. The van der Waals surface area contributed by atoms with Gasteiger partial charge in [-0.2, -0.15) is 9.94 Å². The van der Waals surface area contributed by atoms with Crippen molar-refractivity contribution in [1.82, 2.24) is 25.1 Å². The molecular formula is C30H32FN7O8S. The number of amides is 1. The molecule has 0 saturated carbocycles. The number of hydrogen-bond acceptors (Lipinski definition) is 13. The van der Waals surface area contributed by atoms with E-state index >= 15 is 4.39 Å². The molecule has 0 saturated heterocycles. The molecule has 0 fully saturated rings. The Balaban J connectivity index is 1.82. The van der Waals surface area contributed by atoms with E-state index in [-0.39, 0.29) is 58.9 Å². The summed E-state index contributed by atoms with van der Waals surface area (Å²) in [6.07, 6.45) is -0.692. The number of carbonyl (C=O) groups is 2. The van der Waals surface area contributed by atoms with Gasteiger partial charge in [-0.05, 0) is 50.6 Å². The van der Waals surface area contributed by atoms with Gasteiger partial charge in [-0.3, -0.25) is 4.98 Å². The van der Waals surface area contributed by atoms with Crippen molar-refractivity contribution in [2.75, 3.05) is 32.8 Å². The summed E-state index contributed by atoms with van der Waals surface area (Å²) in [5.74, 6) is -1.83. The lowest BCUT2D eigenvalue weighted by Gasteiger charge is -2.22. The molecule has 4 N–H and O–H groups in total. The number of aliphatic hydroxyl groups is 1. The molecule has 2 aromatic heterocycles. The maximum atomic E-state index is 16.1. The van der Waals surface area contributed by atoms with Crippen LogP contribution in [0.5, 0.6) is 11.5 Å². The van der Waals surface area contributed by atoms with Crippen LogP contribution in [-0.2, 0) is 16.0 Å². The fourth-order valence-electron chi connectivity index (χ4n) is 4.30. The van der Waals surface area contributed by atoms with E-state index in [0.717, 1.165) is 16.0 Å². The third-order valence-electron chi connectivity index (χ3n) is 6.32. The van der Waals surface area contributed by atoms with Crippen LogP contribution < -0.4 is 25.8 Å². The Bertz CT molecular complexity index is 1860. The van der Waals surface area contributed by atoms with Crippen LogP contribution in [0.1, 0.15) is 59.0 Å². The van der Waals surface area contributed by atoms with Crippen molar-refractivity contribution < 1.29 is 38.0 Å². The monoisotopic (exact) mass is 669 g/mol. The maximum Gasteiger partial charge on any atom is 0.407 e. The van der Waals surface area contributed by atoms with E-state index in [1.54, 1.807) is 32.9 Å². The van der Waals surface area contributed by atoms with E-state index < -0.39 is 35.2 Å². The number of H-pyrrole nitrogens is 1. The van der Waals surface area contributed by atoms with Crippen LogP contribution >= 0.6 is 11.3 Å². The number of alkyl carbamates (subject to hydrolysis) is 1. The predicted octanol–water partition coefficient (Wildman–Crippen LogP) is 3.42. The number of nitrogens with one attached hydrogen (secondary N) is 3. The number of halogens is 1. The fraction of sp³-hybridized carbons (Fsp3) is 0.333. The fourth-order valence-corrected chi connectivity index (χ4v) is 4.98. The number of aliphatic hydroxyl groups excluding tert-OH is 1. The molecule has 0 aliphatic rings. The Hall–Kier alpha value is -5.47. The normalized spacial score (nSPS) is 11.7. The quantitative estimate of drug-likeness (QED) is 0.160. The average molecular weight is 670 g/mol. The van der Waals surface area contributed by atoms with Crippen LogP contribution in [0, 0.1) is 17.1 Å². The van der Waals surface area contributed by atoms with E-state index in [2.05, 4.69) is 31.8 Å². The second-order valence-corrected chi connectivity index (χ2v) is 11.6. The van der Waals surface area contributed by atoms with Crippen molar-refractivity contribution in [3.8, 4) is 23.4 Å². The van der Waals surface area contributed by atoms with Gasteiger partial charge in [0, 0.05) is 23.9 Å². The minimum atomic E-state index is -1.24. The molecule has 2 heterocycles. The number of aromatic nitrogens is 4. The number of benzene rings is 2. The molecule has 4 rings (SSSR count). The molecule has 0 aliphatic heterocycles. The SMILES string of the molecule is COC(=O)c1scnc1-n1nc(C(Nc2ccc(C#N)c(CNC(=O)OC(C)(C)C)c2)c2cc(OC)cc(OCCO)c2F)[nH]c1=O. The number of carbonyl (C=O) groups excluding carboxylic acids is 2. The summed E-state index contributed by atoms with van der Waals surface area (Å²) >= 11 is 0.940. The molecule has 17 heteroatoms. The highest BCUT2D eigenvalue weighted by atomic mass is 32.1. The van der Waals surface area contributed by atoms with Crippen molar-refractivity contribution in [3.63, 3.8) is 0 Å². The number of hydrogen-bond donors (Lipinski definition) is 4. The van der Waals surface area contributed by atoms with Crippen molar-refractivity contribution in [3.05, 3.63) is 79.5 Å². The van der Waals surface area contributed by atoms with Gasteiger partial charge in [0.15, 0.2) is 28.1 Å². The highest BCUT2D eigenvalue weighted by Crippen LogP contribution is 2.35. The van der Waals surface area contributed by atoms with Gasteiger partial charge < -0.3 is 34.7 Å². The summed E-state index contributed by atoms with van der Waals surface area (Å²) in [5.41, 5.74) is 0.738. The third-order valence-corrected chi connectivity index (χ3v) is 7.12. The summed E-state index contributed by atoms with van der Waals surface area (Å²) in [6, 6.07) is 8.11. The molecule has 15 nitrogen and oxygen atoms in total. The summed E-state index contributed by atoms with van der Waals surface area (Å²) in [4.78, 5) is 44.5. The lowest BCUT2D eigenvalue weighted by atomic mass is 10.0. The first-order valence-corrected chi connectivity index (χ1v) is 14.9. The molecule has 1 atom stereocenters. The van der Waals surface area contributed by atoms with Crippen LogP contribution in [0.3, 0.4) is 0 Å². The highest BCUT2D eigenvalue weighted by molar-refractivity contribution is 7.12. The molecule has 0 bridgehead atoms. The number of esters is 1. The molecule has 47 heavy (non-hydrogen) atoms. The first-order valence-electron chi connectivity index (χ1n) is 14.0. The molecule has 4 aromatic rings. The predicted molar refractivity (Wildman–Crippen MR) is 166 cm³/mol. The number of nitrogens with zero attached hydrogens (tertiary/aromatic N) is 4. The van der Waals surface area contributed by atoms with Crippen LogP contribution in [0.4, 0.5) is 14.9 Å². The number of rotatable bonds is 12. The average Bonchev–Trinajstić information content (AvgIpc) is 3.67. The summed E-state index contributed by atoms with van der Waals surface area (Å²) in [5, 5.41) is 29.0. The Morgan fingerprint density at radius 1 is 1.23 bits per heavy atom. The van der Waals surface area contributed by atoms with Crippen molar-refractivity contribution in [2.45, 2.75) is 39.0 Å². The van der Waals surface area contributed by atoms with Crippen molar-refractivity contribution >= 4 is 29.1 Å². The van der Waals surface area contributed by atoms with Crippen LogP contribution in [0.15, 0.2) is 40.6 Å². The smallest absolute Gasteiger partial charge is 0.407 e. The van der Waals surface area contributed by atoms with Crippen molar-refractivity contribution in [2.24, 2.45) is 0 Å². The lowest BCUT2D eigenvalue weighted by molar-refractivity contribution is 0.0522. The zero-order valence-corrected chi connectivity index (χ0v) is 26.9. The molecule has 0 aliphatic carbocycles. The number of nitriles is 1. The third kappa shape index (κ3) is 8.23. The molecule has 1 amide bonds. The Morgan fingerprint density at radius 3 is 2.66 bits per heavy atom. The van der Waals surface area contributed by atoms with Gasteiger partial charge in [-0.1, -0.05) is 0 Å². The topological polar surface area (TPSA) is 203 Å². The van der Waals surface area contributed by atoms with Gasteiger partial charge >= 0.3 is 17.8 Å². The molecular weight excluding hydrogens is 637 g/mol. The van der Waals surface area contributed by atoms with Crippen LogP contribution in [0.25, 0.3) is 5.82 Å². The number of anilines is 1. The van der Waals surface area contributed by atoms with Gasteiger partial charge in [0.1, 0.15) is 24.0 Å². The second kappa shape index (κ2) is 14.7. The van der Waals surface area contributed by atoms with E-state index in [1.807, 2.05) is 0 Å². The van der Waals surface area contributed by atoms with E-state index in [0.29, 0.717) is 11.3 Å². The van der Waals surface area contributed by atoms with Gasteiger partial charge in [0.25, 0.3) is 0 Å². The standard InChI is InChI=1S/C30H32FN7O8S/c1-30(2,3)46-29(42)33-14-17-10-18(7-6-16(17)13-32)35-23(20-11-19(43-4)12-21(22(20)31)45-9-8-39)25-36-28(41)38(37-25)26-24(27(40)44-5)47-15-34-26/h6-7,10-12,15,23,35,39H,8-9,14H2,1-5H3,(H,33,42)(H,36,37,41). The van der Waals surface area contributed by atoms with Crippen LogP contribution in [-0.4, -0.2) is 70.0 Å². The Morgan fingerprint density at radius 2 is 2.00 bits per heavy atom. The molecule has 0 spiro atoms. The molecule has 0 radical (unpaired) electrons. The van der Waals surface area contributed by atoms with Gasteiger partial charge in [-0.25, -0.2) is 23.8 Å². The van der Waals surface area contributed by atoms with Gasteiger partial charge in [0.05, 0.1) is 38.0 Å². The molecule has 1 unspecified atom stereocenters. The van der Waals surface area contributed by atoms with E-state index in [1.165, 1.54) is 37.9 Å². The van der Waals surface area contributed by atoms with Gasteiger partial charge in [0.2, 0.25) is 0 Å². The van der Waals surface area contributed by atoms with Crippen LogP contribution in [0.2, 0.25) is 0 Å². The zero-order valence-electron chi connectivity index (χ0n) is 26.0. The molecule has 2 aromatic carbocycles. The highest BCUT2D eigenvalue weighted by Gasteiger charge is 2.28. The summed E-state index contributed by atoms with van der Waals surface area (Å²) < 4.78 is 37.8. The zero-order chi connectivity index (χ0) is 34.3. The number of ether oxygens (including phenoxy) is 4. The van der Waals surface area contributed by atoms with Gasteiger partial charge in [-0.15, -0.1) is 16.4 Å². The van der Waals surface area contributed by atoms with E-state index in [4.69, 9.17) is 18.9 Å². The van der Waals surface area contributed by atoms with Crippen molar-refractivity contribution in [1.29, 1.82) is 5.26 Å². The molecule has 248 valence electrons. The summed E-state index contributed by atoms with van der Waals surface area (Å²) in [7, 11) is 2.55. The number of thiazole rings is 1. The maximum absolute atomic E-state index is 16.1. The first kappa shape index (κ1) is 34.4.